The lowest BCUT2D eigenvalue weighted by molar-refractivity contribution is -0.150. The van der Waals surface area contributed by atoms with Crippen LogP contribution >= 0.6 is 0 Å². The molecule has 0 aromatic carbocycles. The maximum Gasteiger partial charge on any atom is 0.226 e. The zero-order valence-corrected chi connectivity index (χ0v) is 13.2. The molecular weight excluding hydrogens is 262 g/mol. The van der Waals surface area contributed by atoms with E-state index in [1.165, 1.54) is 32.1 Å². The SMILES string of the molecule is CC(O)CC1CCCN1C(=O)C1C2CC3CC(C2)CC1C3. The van der Waals surface area contributed by atoms with Crippen LogP contribution in [-0.2, 0) is 4.79 Å². The minimum absolute atomic E-state index is 0.290. The van der Waals surface area contributed by atoms with Crippen LogP contribution in [0.5, 0.6) is 0 Å². The van der Waals surface area contributed by atoms with Crippen molar-refractivity contribution in [1.82, 2.24) is 4.90 Å². The van der Waals surface area contributed by atoms with Crippen LogP contribution < -0.4 is 0 Å². The molecule has 0 radical (unpaired) electrons. The molecule has 5 aliphatic rings. The maximum atomic E-state index is 13.2. The Bertz CT molecular complexity index is 391. The normalized spacial score (nSPS) is 46.1. The lowest BCUT2D eigenvalue weighted by Gasteiger charge is -2.54. The molecule has 0 spiro atoms. The summed E-state index contributed by atoms with van der Waals surface area (Å²) in [5, 5.41) is 9.69. The van der Waals surface area contributed by atoms with Crippen LogP contribution in [0.15, 0.2) is 0 Å². The summed E-state index contributed by atoms with van der Waals surface area (Å²) >= 11 is 0. The second-order valence-corrected chi connectivity index (χ2v) is 8.37. The third-order valence-electron chi connectivity index (χ3n) is 6.79. The molecule has 2 unspecified atom stereocenters. The van der Waals surface area contributed by atoms with E-state index in [1.54, 1.807) is 0 Å². The Labute approximate surface area is 128 Å². The Balaban J connectivity index is 1.49. The number of rotatable bonds is 3. The van der Waals surface area contributed by atoms with Crippen LogP contribution in [0.4, 0.5) is 0 Å². The molecule has 1 saturated heterocycles. The second kappa shape index (κ2) is 5.26. The van der Waals surface area contributed by atoms with Crippen molar-refractivity contribution >= 4 is 5.91 Å². The van der Waals surface area contributed by atoms with Crippen molar-refractivity contribution in [3.05, 3.63) is 0 Å². The first kappa shape index (κ1) is 14.0. The Morgan fingerprint density at radius 3 is 2.33 bits per heavy atom. The van der Waals surface area contributed by atoms with Gasteiger partial charge in [0.2, 0.25) is 5.91 Å². The molecule has 3 heteroatoms. The smallest absolute Gasteiger partial charge is 0.226 e. The third-order valence-corrected chi connectivity index (χ3v) is 6.79. The molecule has 21 heavy (non-hydrogen) atoms. The average Bonchev–Trinajstić information content (AvgIpc) is 2.84. The van der Waals surface area contributed by atoms with Gasteiger partial charge in [0.1, 0.15) is 0 Å². The van der Waals surface area contributed by atoms with Gasteiger partial charge in [-0.3, -0.25) is 4.79 Å². The lowest BCUT2D eigenvalue weighted by Crippen LogP contribution is -2.53. The van der Waals surface area contributed by atoms with Gasteiger partial charge in [-0.05, 0) is 82.0 Å². The number of aliphatic hydroxyl groups excluding tert-OH is 1. The summed E-state index contributed by atoms with van der Waals surface area (Å²) in [6, 6.07) is 0.301. The second-order valence-electron chi connectivity index (χ2n) is 8.37. The fourth-order valence-electron chi connectivity index (χ4n) is 6.28. The minimum Gasteiger partial charge on any atom is -0.393 e. The zero-order chi connectivity index (χ0) is 14.6. The highest BCUT2D eigenvalue weighted by Gasteiger charge is 2.52. The molecule has 1 heterocycles. The monoisotopic (exact) mass is 291 g/mol. The van der Waals surface area contributed by atoms with Gasteiger partial charge in [0.15, 0.2) is 0 Å². The Hall–Kier alpha value is -0.570. The number of carbonyl (C=O) groups is 1. The van der Waals surface area contributed by atoms with Crippen molar-refractivity contribution in [3.8, 4) is 0 Å². The van der Waals surface area contributed by atoms with Crippen molar-refractivity contribution in [1.29, 1.82) is 0 Å². The standard InChI is InChI=1S/C18H29NO2/c1-11(20)5-16-3-2-4-19(16)18(21)17-14-7-12-6-13(9-14)10-15(17)8-12/h11-17,20H,2-10H2,1H3. The van der Waals surface area contributed by atoms with Crippen LogP contribution in [0.1, 0.15) is 58.3 Å². The molecule has 1 aliphatic heterocycles. The molecule has 1 amide bonds. The fourth-order valence-corrected chi connectivity index (χ4v) is 6.28. The van der Waals surface area contributed by atoms with Crippen molar-refractivity contribution in [2.24, 2.45) is 29.6 Å². The Kier molecular flexibility index (Phi) is 3.52. The first-order chi connectivity index (χ1) is 10.1. The highest BCUT2D eigenvalue weighted by Crippen LogP contribution is 2.57. The van der Waals surface area contributed by atoms with E-state index in [0.29, 0.717) is 29.7 Å². The van der Waals surface area contributed by atoms with Crippen LogP contribution in [0, 0.1) is 29.6 Å². The molecule has 0 aromatic heterocycles. The summed E-state index contributed by atoms with van der Waals surface area (Å²) in [6.07, 6.45) is 9.40. The van der Waals surface area contributed by atoms with Crippen molar-refractivity contribution in [2.45, 2.75) is 70.4 Å². The summed E-state index contributed by atoms with van der Waals surface area (Å²) in [6.45, 7) is 2.78. The summed E-state index contributed by atoms with van der Waals surface area (Å²) < 4.78 is 0. The summed E-state index contributed by atoms with van der Waals surface area (Å²) in [5.74, 6) is 4.01. The maximum absolute atomic E-state index is 13.2. The summed E-state index contributed by atoms with van der Waals surface area (Å²) in [4.78, 5) is 15.3. The van der Waals surface area contributed by atoms with Gasteiger partial charge in [-0.2, -0.15) is 0 Å². The summed E-state index contributed by atoms with van der Waals surface area (Å²) in [7, 11) is 0. The topological polar surface area (TPSA) is 40.5 Å². The van der Waals surface area contributed by atoms with Crippen molar-refractivity contribution < 1.29 is 9.90 Å². The number of amides is 1. The quantitative estimate of drug-likeness (QED) is 0.868. The molecular formula is C18H29NO2. The summed E-state index contributed by atoms with van der Waals surface area (Å²) in [5.41, 5.74) is 0. The molecule has 5 fully saturated rings. The van der Waals surface area contributed by atoms with Gasteiger partial charge in [-0.15, -0.1) is 0 Å². The molecule has 5 rings (SSSR count). The van der Waals surface area contributed by atoms with Gasteiger partial charge < -0.3 is 10.0 Å². The van der Waals surface area contributed by atoms with E-state index in [1.807, 2.05) is 6.92 Å². The molecule has 2 atom stereocenters. The van der Waals surface area contributed by atoms with Gasteiger partial charge in [-0.25, -0.2) is 0 Å². The fraction of sp³-hybridized carbons (Fsp3) is 0.944. The molecule has 4 bridgehead atoms. The third kappa shape index (κ3) is 2.42. The van der Waals surface area contributed by atoms with E-state index in [4.69, 9.17) is 0 Å². The number of hydrogen-bond donors (Lipinski definition) is 1. The minimum atomic E-state index is -0.290. The number of aliphatic hydroxyl groups is 1. The number of carbonyl (C=O) groups excluding carboxylic acids is 1. The highest BCUT2D eigenvalue weighted by atomic mass is 16.3. The molecule has 0 aromatic rings. The predicted octanol–water partition coefficient (Wildman–Crippen LogP) is 2.82. The molecule has 3 nitrogen and oxygen atoms in total. The first-order valence-corrected chi connectivity index (χ1v) is 9.10. The van der Waals surface area contributed by atoms with Gasteiger partial charge >= 0.3 is 0 Å². The molecule has 1 N–H and O–H groups in total. The van der Waals surface area contributed by atoms with Crippen molar-refractivity contribution in [2.75, 3.05) is 6.54 Å². The average molecular weight is 291 g/mol. The van der Waals surface area contributed by atoms with Gasteiger partial charge in [0.05, 0.1) is 6.10 Å². The number of hydrogen-bond acceptors (Lipinski definition) is 2. The van der Waals surface area contributed by atoms with Crippen LogP contribution in [-0.4, -0.2) is 34.6 Å². The van der Waals surface area contributed by atoms with E-state index in [0.717, 1.165) is 37.6 Å². The zero-order valence-electron chi connectivity index (χ0n) is 13.2. The molecule has 118 valence electrons. The number of nitrogens with zero attached hydrogens (tertiary/aromatic N) is 1. The first-order valence-electron chi connectivity index (χ1n) is 9.10. The lowest BCUT2D eigenvalue weighted by atomic mass is 9.51. The number of likely N-dealkylation sites (tertiary alicyclic amines) is 1. The van der Waals surface area contributed by atoms with Crippen molar-refractivity contribution in [3.63, 3.8) is 0 Å². The Morgan fingerprint density at radius 2 is 1.76 bits per heavy atom. The largest absolute Gasteiger partial charge is 0.393 e. The van der Waals surface area contributed by atoms with E-state index < -0.39 is 0 Å². The van der Waals surface area contributed by atoms with Gasteiger partial charge in [0.25, 0.3) is 0 Å². The van der Waals surface area contributed by atoms with E-state index in [2.05, 4.69) is 4.90 Å². The van der Waals surface area contributed by atoms with E-state index in [-0.39, 0.29) is 6.10 Å². The highest BCUT2D eigenvalue weighted by molar-refractivity contribution is 5.80. The van der Waals surface area contributed by atoms with Crippen LogP contribution in [0.3, 0.4) is 0 Å². The Morgan fingerprint density at radius 1 is 1.14 bits per heavy atom. The molecule has 4 saturated carbocycles. The van der Waals surface area contributed by atoms with Crippen LogP contribution in [0.25, 0.3) is 0 Å². The van der Waals surface area contributed by atoms with Crippen LogP contribution in [0.2, 0.25) is 0 Å². The van der Waals surface area contributed by atoms with E-state index >= 15 is 0 Å². The van der Waals surface area contributed by atoms with Gasteiger partial charge in [-0.1, -0.05) is 0 Å². The predicted molar refractivity (Wildman–Crippen MR) is 81.6 cm³/mol. The van der Waals surface area contributed by atoms with Gasteiger partial charge in [0, 0.05) is 18.5 Å². The molecule has 4 aliphatic carbocycles. The van der Waals surface area contributed by atoms with E-state index in [9.17, 15) is 9.90 Å².